The zero-order chi connectivity index (χ0) is 21.8. The molecule has 1 unspecified atom stereocenters. The van der Waals surface area contributed by atoms with E-state index in [1.165, 1.54) is 5.56 Å². The Labute approximate surface area is 184 Å². The molecule has 6 heteroatoms. The molecule has 0 heterocycles. The largest absolute Gasteiger partial charge is 0.497 e. The number of nitrogens with one attached hydrogen (secondary N) is 1. The molecule has 0 aliphatic rings. The van der Waals surface area contributed by atoms with Crippen LogP contribution in [0.25, 0.3) is 0 Å². The molecule has 0 amide bonds. The number of methoxy groups -OCH3 is 1. The minimum Gasteiger partial charge on any atom is -0.497 e. The first-order chi connectivity index (χ1) is 14.6. The Morgan fingerprint density at radius 3 is 2.57 bits per heavy atom. The zero-order valence-electron chi connectivity index (χ0n) is 18.4. The summed E-state index contributed by atoms with van der Waals surface area (Å²) in [5.74, 6) is 1.74. The second kappa shape index (κ2) is 13.3. The molecular weight excluding hydrogens is 398 g/mol. The maximum Gasteiger partial charge on any atom is 0.176 e. The Balaban J connectivity index is 1.81. The standard InChI is InChI=1S/C24H33NO4S/c1-5-28-14-15-29-23-13-10-20(16-24(23)30-4)22(26)17-25-18(2)6-7-19-8-11-21(27-3)12-9-19/h8-13,16,18,25H,5-7,14-15,17H2,1-4H3. The number of ether oxygens (including phenoxy) is 3. The topological polar surface area (TPSA) is 56.8 Å². The van der Waals surface area contributed by atoms with Crippen LogP contribution in [0.5, 0.6) is 11.5 Å². The molecule has 0 bridgehead atoms. The van der Waals surface area contributed by atoms with Gasteiger partial charge in [-0.1, -0.05) is 12.1 Å². The Morgan fingerprint density at radius 2 is 1.90 bits per heavy atom. The zero-order valence-corrected chi connectivity index (χ0v) is 19.2. The molecular formula is C24H33NO4S. The van der Waals surface area contributed by atoms with E-state index in [0.717, 1.165) is 29.2 Å². The van der Waals surface area contributed by atoms with Crippen molar-refractivity contribution >= 4 is 17.5 Å². The molecule has 1 N–H and O–H groups in total. The highest BCUT2D eigenvalue weighted by atomic mass is 32.2. The molecule has 164 valence electrons. The average molecular weight is 432 g/mol. The van der Waals surface area contributed by atoms with Crippen LogP contribution in [0.2, 0.25) is 0 Å². The van der Waals surface area contributed by atoms with Crippen molar-refractivity contribution in [1.82, 2.24) is 5.32 Å². The van der Waals surface area contributed by atoms with Crippen LogP contribution in [0.1, 0.15) is 36.2 Å². The Morgan fingerprint density at radius 1 is 1.13 bits per heavy atom. The van der Waals surface area contributed by atoms with Gasteiger partial charge in [-0.15, -0.1) is 11.8 Å². The van der Waals surface area contributed by atoms with Crippen LogP contribution in [0, 0.1) is 0 Å². The van der Waals surface area contributed by atoms with Crippen molar-refractivity contribution in [2.75, 3.05) is 39.7 Å². The Hall–Kier alpha value is -2.02. The van der Waals surface area contributed by atoms with Crippen LogP contribution < -0.4 is 14.8 Å². The summed E-state index contributed by atoms with van der Waals surface area (Å²) in [6.45, 7) is 6.13. The van der Waals surface area contributed by atoms with Gasteiger partial charge in [-0.25, -0.2) is 0 Å². The predicted molar refractivity (Wildman–Crippen MR) is 123 cm³/mol. The van der Waals surface area contributed by atoms with Gasteiger partial charge in [0.15, 0.2) is 5.78 Å². The number of Topliss-reactive ketones (excluding diaryl/α,β-unsaturated/α-hetero) is 1. The molecule has 0 fully saturated rings. The minimum atomic E-state index is 0.0856. The molecule has 5 nitrogen and oxygen atoms in total. The number of benzene rings is 2. The summed E-state index contributed by atoms with van der Waals surface area (Å²) < 4.78 is 16.3. The Bertz CT molecular complexity index is 779. The highest BCUT2D eigenvalue weighted by Crippen LogP contribution is 2.29. The van der Waals surface area contributed by atoms with Gasteiger partial charge in [0.1, 0.15) is 18.1 Å². The van der Waals surface area contributed by atoms with Crippen LogP contribution in [0.4, 0.5) is 0 Å². The molecule has 0 aliphatic carbocycles. The summed E-state index contributed by atoms with van der Waals surface area (Å²) in [5, 5.41) is 3.35. The van der Waals surface area contributed by atoms with E-state index < -0.39 is 0 Å². The molecule has 30 heavy (non-hydrogen) atoms. The van der Waals surface area contributed by atoms with Crippen LogP contribution in [0.3, 0.4) is 0 Å². The second-order valence-corrected chi connectivity index (χ2v) is 7.85. The number of hydrogen-bond acceptors (Lipinski definition) is 6. The molecule has 0 aromatic heterocycles. The lowest BCUT2D eigenvalue weighted by Gasteiger charge is -2.14. The van der Waals surface area contributed by atoms with E-state index in [1.54, 1.807) is 18.9 Å². The van der Waals surface area contributed by atoms with Crippen LogP contribution in [-0.4, -0.2) is 51.6 Å². The summed E-state index contributed by atoms with van der Waals surface area (Å²) in [4.78, 5) is 13.6. The fraction of sp³-hybridized carbons (Fsp3) is 0.458. The molecule has 0 saturated heterocycles. The highest BCUT2D eigenvalue weighted by molar-refractivity contribution is 7.98. The van der Waals surface area contributed by atoms with E-state index in [1.807, 2.05) is 43.5 Å². The van der Waals surface area contributed by atoms with Gasteiger partial charge in [0.2, 0.25) is 0 Å². The van der Waals surface area contributed by atoms with E-state index in [2.05, 4.69) is 24.4 Å². The van der Waals surface area contributed by atoms with Crippen molar-refractivity contribution in [3.05, 3.63) is 53.6 Å². The van der Waals surface area contributed by atoms with E-state index in [0.29, 0.717) is 31.9 Å². The van der Waals surface area contributed by atoms with Gasteiger partial charge in [-0.3, -0.25) is 4.79 Å². The third-order valence-electron chi connectivity index (χ3n) is 4.81. The van der Waals surface area contributed by atoms with Crippen molar-refractivity contribution in [1.29, 1.82) is 0 Å². The maximum atomic E-state index is 12.6. The van der Waals surface area contributed by atoms with Crippen LogP contribution >= 0.6 is 11.8 Å². The molecule has 0 radical (unpaired) electrons. The first-order valence-corrected chi connectivity index (χ1v) is 11.6. The van der Waals surface area contributed by atoms with Gasteiger partial charge in [0.25, 0.3) is 0 Å². The van der Waals surface area contributed by atoms with Crippen molar-refractivity contribution in [3.63, 3.8) is 0 Å². The number of carbonyl (C=O) groups is 1. The van der Waals surface area contributed by atoms with Crippen LogP contribution in [0.15, 0.2) is 47.4 Å². The monoisotopic (exact) mass is 431 g/mol. The molecule has 0 spiro atoms. The summed E-state index contributed by atoms with van der Waals surface area (Å²) in [5.41, 5.74) is 1.96. The van der Waals surface area contributed by atoms with Gasteiger partial charge in [0, 0.05) is 23.1 Å². The molecule has 2 rings (SSSR count). The molecule has 2 aromatic carbocycles. The van der Waals surface area contributed by atoms with Crippen molar-refractivity contribution < 1.29 is 19.0 Å². The van der Waals surface area contributed by atoms with Gasteiger partial charge in [0.05, 0.1) is 20.3 Å². The fourth-order valence-electron chi connectivity index (χ4n) is 2.96. The highest BCUT2D eigenvalue weighted by Gasteiger charge is 2.12. The van der Waals surface area contributed by atoms with Gasteiger partial charge < -0.3 is 19.5 Å². The van der Waals surface area contributed by atoms with E-state index >= 15 is 0 Å². The molecule has 0 aliphatic heterocycles. The van der Waals surface area contributed by atoms with E-state index in [4.69, 9.17) is 14.2 Å². The van der Waals surface area contributed by atoms with Crippen molar-refractivity contribution in [2.45, 2.75) is 37.6 Å². The maximum absolute atomic E-state index is 12.6. The minimum absolute atomic E-state index is 0.0856. The third-order valence-corrected chi connectivity index (χ3v) is 5.57. The number of carbonyl (C=O) groups excluding carboxylic acids is 1. The summed E-state index contributed by atoms with van der Waals surface area (Å²) in [7, 11) is 1.67. The van der Waals surface area contributed by atoms with Gasteiger partial charge >= 0.3 is 0 Å². The third kappa shape index (κ3) is 8.01. The quantitative estimate of drug-likeness (QED) is 0.267. The smallest absolute Gasteiger partial charge is 0.176 e. The lowest BCUT2D eigenvalue weighted by molar-refractivity contribution is 0.0986. The van der Waals surface area contributed by atoms with E-state index in [-0.39, 0.29) is 11.8 Å². The number of hydrogen-bond donors (Lipinski definition) is 1. The number of rotatable bonds is 14. The lowest BCUT2D eigenvalue weighted by Crippen LogP contribution is -2.31. The van der Waals surface area contributed by atoms with Crippen LogP contribution in [-0.2, 0) is 11.2 Å². The van der Waals surface area contributed by atoms with Crippen molar-refractivity contribution in [2.24, 2.45) is 0 Å². The average Bonchev–Trinajstić information content (AvgIpc) is 2.79. The van der Waals surface area contributed by atoms with E-state index in [9.17, 15) is 4.79 Å². The number of thioether (sulfide) groups is 1. The normalized spacial score (nSPS) is 11.9. The predicted octanol–water partition coefficient (Wildman–Crippen LogP) is 4.63. The SMILES string of the molecule is CCOCCOc1ccc(C(=O)CNC(C)CCc2ccc(OC)cc2)cc1SC. The van der Waals surface area contributed by atoms with Crippen molar-refractivity contribution in [3.8, 4) is 11.5 Å². The molecule has 0 saturated carbocycles. The lowest BCUT2D eigenvalue weighted by atomic mass is 10.1. The summed E-state index contributed by atoms with van der Waals surface area (Å²) in [6.07, 6.45) is 3.90. The fourth-order valence-corrected chi connectivity index (χ4v) is 3.53. The number of ketones is 1. The van der Waals surface area contributed by atoms with Gasteiger partial charge in [-0.05, 0) is 68.8 Å². The first-order valence-electron chi connectivity index (χ1n) is 10.4. The second-order valence-electron chi connectivity index (χ2n) is 7.00. The Kier molecular flexibility index (Phi) is 10.8. The van der Waals surface area contributed by atoms with Gasteiger partial charge in [-0.2, -0.15) is 0 Å². The first kappa shape index (κ1) is 24.3. The summed E-state index contributed by atoms with van der Waals surface area (Å²) in [6, 6.07) is 14.0. The molecule has 2 aromatic rings. The summed E-state index contributed by atoms with van der Waals surface area (Å²) >= 11 is 1.58. The molecule has 1 atom stereocenters. The number of aryl methyl sites for hydroxylation is 1.